The summed E-state index contributed by atoms with van der Waals surface area (Å²) in [4.78, 5) is 38.1. The third-order valence-corrected chi connectivity index (χ3v) is 7.40. The molecule has 2 aromatic heterocycles. The zero-order valence-corrected chi connectivity index (χ0v) is 20.7. The molecule has 10 heteroatoms. The molecule has 1 unspecified atom stereocenters. The number of hydrogen-bond acceptors (Lipinski definition) is 5. The molecule has 1 N–H and O–H groups in total. The van der Waals surface area contributed by atoms with Gasteiger partial charge >= 0.3 is 0 Å². The molecule has 3 heterocycles. The first-order valence-corrected chi connectivity index (χ1v) is 12.9. The molecule has 2 aromatic carbocycles. The number of anilines is 1. The van der Waals surface area contributed by atoms with Gasteiger partial charge in [-0.05, 0) is 42.5 Å². The summed E-state index contributed by atoms with van der Waals surface area (Å²) in [6.45, 7) is 1.67. The Kier molecular flexibility index (Phi) is 6.92. The second-order valence-corrected chi connectivity index (χ2v) is 9.78. The normalized spacial score (nSPS) is 14.5. The van der Waals surface area contributed by atoms with Crippen LogP contribution in [0, 0.1) is 0 Å². The number of hydrogen-bond donors (Lipinski definition) is 1. The Morgan fingerprint density at radius 3 is 2.28 bits per heavy atom. The first-order valence-electron chi connectivity index (χ1n) is 11.3. The van der Waals surface area contributed by atoms with Crippen LogP contribution in [0.5, 0.6) is 0 Å². The van der Waals surface area contributed by atoms with Crippen molar-refractivity contribution in [3.63, 3.8) is 0 Å². The zero-order chi connectivity index (χ0) is 25.1. The lowest BCUT2D eigenvalue weighted by Crippen LogP contribution is -2.50. The summed E-state index contributed by atoms with van der Waals surface area (Å²) in [5.74, 6) is -0.316. The Labute approximate surface area is 215 Å². The highest BCUT2D eigenvalue weighted by molar-refractivity contribution is 7.86. The average Bonchev–Trinajstić information content (AvgIpc) is 2.93. The average molecular weight is 520 g/mol. The lowest BCUT2D eigenvalue weighted by atomic mass is 10.1. The van der Waals surface area contributed by atoms with E-state index in [4.69, 9.17) is 11.6 Å². The fourth-order valence-corrected chi connectivity index (χ4v) is 5.38. The first kappa shape index (κ1) is 23.9. The quantitative estimate of drug-likeness (QED) is 0.430. The predicted molar refractivity (Wildman–Crippen MR) is 139 cm³/mol. The molecular formula is C26H22ClN5O3S. The van der Waals surface area contributed by atoms with Gasteiger partial charge in [-0.15, -0.1) is 0 Å². The molecule has 0 bridgehead atoms. The van der Waals surface area contributed by atoms with Crippen molar-refractivity contribution >= 4 is 51.0 Å². The molecule has 0 aliphatic carbocycles. The minimum atomic E-state index is -1.60. The van der Waals surface area contributed by atoms with E-state index in [1.165, 1.54) is 0 Å². The van der Waals surface area contributed by atoms with Crippen LogP contribution in [0.3, 0.4) is 0 Å². The number of para-hydroxylation sites is 1. The number of benzene rings is 2. The smallest absolute Gasteiger partial charge is 0.272 e. The molecule has 2 amide bonds. The van der Waals surface area contributed by atoms with E-state index in [-0.39, 0.29) is 16.8 Å². The lowest BCUT2D eigenvalue weighted by Gasteiger charge is -2.34. The van der Waals surface area contributed by atoms with Crippen LogP contribution < -0.4 is 4.72 Å². The standard InChI is InChI=1S/C26H22ClN5O3S/c27-20-17-19(25(33)31-13-15-32(16-14-31)26(34)22-7-1-2-11-28-22)9-10-21(20)30-36(35)23-8-3-5-18-6-4-12-29-24(18)23/h1-12,17,30H,13-16H2. The van der Waals surface area contributed by atoms with Gasteiger partial charge in [-0.1, -0.05) is 35.9 Å². The largest absolute Gasteiger partial charge is 0.335 e. The van der Waals surface area contributed by atoms with Crippen LogP contribution >= 0.6 is 11.6 Å². The topological polar surface area (TPSA) is 95.5 Å². The monoisotopic (exact) mass is 519 g/mol. The molecule has 1 aliphatic heterocycles. The van der Waals surface area contributed by atoms with Crippen LogP contribution in [0.4, 0.5) is 5.69 Å². The molecular weight excluding hydrogens is 498 g/mol. The molecule has 182 valence electrons. The summed E-state index contributed by atoms with van der Waals surface area (Å²) in [7, 11) is -1.60. The van der Waals surface area contributed by atoms with Gasteiger partial charge in [0.25, 0.3) is 11.8 Å². The van der Waals surface area contributed by atoms with E-state index >= 15 is 0 Å². The maximum Gasteiger partial charge on any atom is 0.272 e. The van der Waals surface area contributed by atoms with Gasteiger partial charge in [0, 0.05) is 49.5 Å². The number of nitrogens with zero attached hydrogens (tertiary/aromatic N) is 4. The zero-order valence-electron chi connectivity index (χ0n) is 19.1. The minimum absolute atomic E-state index is 0.143. The number of piperazine rings is 1. The van der Waals surface area contributed by atoms with Crippen LogP contribution in [0.25, 0.3) is 10.9 Å². The highest BCUT2D eigenvalue weighted by Gasteiger charge is 2.26. The fourth-order valence-electron chi connectivity index (χ4n) is 4.06. The number of fused-ring (bicyclic) bond motifs is 1. The Morgan fingerprint density at radius 1 is 0.833 bits per heavy atom. The van der Waals surface area contributed by atoms with E-state index in [9.17, 15) is 13.8 Å². The van der Waals surface area contributed by atoms with Crippen molar-refractivity contribution in [2.75, 3.05) is 30.9 Å². The highest BCUT2D eigenvalue weighted by Crippen LogP contribution is 2.27. The molecule has 0 radical (unpaired) electrons. The maximum absolute atomic E-state index is 13.1. The van der Waals surface area contributed by atoms with E-state index in [0.717, 1.165) is 5.39 Å². The fraction of sp³-hybridized carbons (Fsp3) is 0.154. The van der Waals surface area contributed by atoms with E-state index < -0.39 is 11.0 Å². The second kappa shape index (κ2) is 10.4. The Balaban J connectivity index is 1.24. The summed E-state index contributed by atoms with van der Waals surface area (Å²) in [5, 5.41) is 1.17. The molecule has 1 saturated heterocycles. The van der Waals surface area contributed by atoms with E-state index in [1.807, 2.05) is 24.3 Å². The van der Waals surface area contributed by atoms with Gasteiger partial charge in [0.15, 0.2) is 11.0 Å². The number of carbonyl (C=O) groups is 2. The predicted octanol–water partition coefficient (Wildman–Crippen LogP) is 4.02. The van der Waals surface area contributed by atoms with Crippen LogP contribution in [0.15, 0.2) is 84.0 Å². The van der Waals surface area contributed by atoms with Gasteiger partial charge in [0.1, 0.15) is 5.69 Å². The Bertz CT molecular complexity index is 1450. The molecule has 1 aliphatic rings. The summed E-state index contributed by atoms with van der Waals surface area (Å²) >= 11 is 6.45. The lowest BCUT2D eigenvalue weighted by molar-refractivity contribution is 0.0532. The number of aromatic nitrogens is 2. The van der Waals surface area contributed by atoms with Gasteiger partial charge in [-0.3, -0.25) is 24.3 Å². The van der Waals surface area contributed by atoms with Crippen molar-refractivity contribution in [1.29, 1.82) is 0 Å². The molecule has 36 heavy (non-hydrogen) atoms. The maximum atomic E-state index is 13.1. The number of pyridine rings is 2. The number of halogens is 1. The van der Waals surface area contributed by atoms with Gasteiger partial charge < -0.3 is 9.80 Å². The van der Waals surface area contributed by atoms with Crippen molar-refractivity contribution in [2.45, 2.75) is 4.90 Å². The summed E-state index contributed by atoms with van der Waals surface area (Å²) < 4.78 is 15.9. The van der Waals surface area contributed by atoms with Gasteiger partial charge in [-0.25, -0.2) is 4.21 Å². The Hall–Kier alpha value is -3.82. The van der Waals surface area contributed by atoms with Crippen molar-refractivity contribution < 1.29 is 13.8 Å². The minimum Gasteiger partial charge on any atom is -0.335 e. The van der Waals surface area contributed by atoms with Gasteiger partial charge in [0.2, 0.25) is 0 Å². The van der Waals surface area contributed by atoms with Crippen molar-refractivity contribution in [3.05, 3.63) is 95.4 Å². The number of rotatable bonds is 5. The molecule has 1 atom stereocenters. The molecule has 5 rings (SSSR count). The summed E-state index contributed by atoms with van der Waals surface area (Å²) in [5.41, 5.74) is 1.91. The van der Waals surface area contributed by atoms with E-state index in [2.05, 4.69) is 14.7 Å². The van der Waals surface area contributed by atoms with E-state index in [1.54, 1.807) is 64.7 Å². The first-order chi connectivity index (χ1) is 17.5. The SMILES string of the molecule is O=C(c1ccc(NS(=O)c2cccc3cccnc23)c(Cl)c1)N1CCN(C(=O)c2ccccn2)CC1. The number of amides is 2. The highest BCUT2D eigenvalue weighted by atomic mass is 35.5. The van der Waals surface area contributed by atoms with Crippen molar-refractivity contribution in [1.82, 2.24) is 19.8 Å². The van der Waals surface area contributed by atoms with Crippen LogP contribution in [0.1, 0.15) is 20.8 Å². The molecule has 0 saturated carbocycles. The second-order valence-electron chi connectivity index (χ2n) is 8.20. The van der Waals surface area contributed by atoms with Gasteiger partial charge in [-0.2, -0.15) is 0 Å². The molecule has 8 nitrogen and oxygen atoms in total. The summed E-state index contributed by atoms with van der Waals surface area (Å²) in [6, 6.07) is 19.3. The van der Waals surface area contributed by atoms with Gasteiger partial charge in [0.05, 0.1) is 21.1 Å². The molecule has 1 fully saturated rings. The molecule has 0 spiro atoms. The number of nitrogens with one attached hydrogen (secondary N) is 1. The number of carbonyl (C=O) groups excluding carboxylic acids is 2. The van der Waals surface area contributed by atoms with Crippen LogP contribution in [-0.4, -0.2) is 62.0 Å². The third kappa shape index (κ3) is 4.93. The van der Waals surface area contributed by atoms with Crippen molar-refractivity contribution in [3.8, 4) is 0 Å². The Morgan fingerprint density at radius 2 is 1.56 bits per heavy atom. The van der Waals surface area contributed by atoms with Crippen molar-refractivity contribution in [2.24, 2.45) is 0 Å². The summed E-state index contributed by atoms with van der Waals surface area (Å²) in [6.07, 6.45) is 3.24. The van der Waals surface area contributed by atoms with E-state index in [0.29, 0.717) is 53.5 Å². The van der Waals surface area contributed by atoms with Crippen LogP contribution in [0.2, 0.25) is 5.02 Å². The third-order valence-electron chi connectivity index (χ3n) is 5.95. The molecule has 4 aromatic rings. The van der Waals surface area contributed by atoms with Crippen LogP contribution in [-0.2, 0) is 11.0 Å².